The van der Waals surface area contributed by atoms with Crippen LogP contribution < -0.4 is 10.6 Å². The van der Waals surface area contributed by atoms with Gasteiger partial charge in [-0.3, -0.25) is 4.79 Å². The summed E-state index contributed by atoms with van der Waals surface area (Å²) in [6, 6.07) is 1.05. The Kier molecular flexibility index (Phi) is 9.61. The number of nitrogens with zero attached hydrogens (tertiary/aromatic N) is 1. The van der Waals surface area contributed by atoms with E-state index in [4.69, 9.17) is 0 Å². The van der Waals surface area contributed by atoms with Crippen LogP contribution in [0.5, 0.6) is 0 Å². The number of carboxylic acids is 1. The number of aliphatic carboxylic acids is 1. The number of rotatable bonds is 5. The van der Waals surface area contributed by atoms with Crippen molar-refractivity contribution in [2.45, 2.75) is 133 Å². The van der Waals surface area contributed by atoms with Crippen LogP contribution in [0.4, 0.5) is 0 Å². The molecule has 5 N–H and O–H groups in total. The summed E-state index contributed by atoms with van der Waals surface area (Å²) < 4.78 is 0. The molecule has 0 aromatic rings. The Labute approximate surface area is 223 Å². The van der Waals surface area contributed by atoms with E-state index in [9.17, 15) is 20.1 Å². The third-order valence-corrected chi connectivity index (χ3v) is 9.47. The van der Waals surface area contributed by atoms with Crippen molar-refractivity contribution in [2.75, 3.05) is 13.1 Å². The number of allylic oxidation sites excluding steroid dienone is 1. The van der Waals surface area contributed by atoms with E-state index in [1.165, 1.54) is 0 Å². The lowest BCUT2D eigenvalue weighted by Crippen LogP contribution is -2.57. The molecule has 2 fully saturated rings. The van der Waals surface area contributed by atoms with Crippen LogP contribution in [-0.4, -0.2) is 74.6 Å². The SMILES string of the molecule is CC1C(O)CCC2CC(CCC3C#CCC4CC(C)(CCN4)NCC(O)(CC(=O)O)CCCC3)C=CN21. The van der Waals surface area contributed by atoms with Gasteiger partial charge < -0.3 is 30.9 Å². The highest BCUT2D eigenvalue weighted by molar-refractivity contribution is 5.68. The van der Waals surface area contributed by atoms with E-state index < -0.39 is 11.6 Å². The number of β-amino-alcohol motifs (C(OH)–C–C–N with tert-alkyl or cyclic N) is 1. The lowest BCUT2D eigenvalue weighted by atomic mass is 9.81. The summed E-state index contributed by atoms with van der Waals surface area (Å²) in [4.78, 5) is 13.9. The molecule has 0 radical (unpaired) electrons. The second kappa shape index (κ2) is 12.5. The minimum atomic E-state index is -1.22. The van der Waals surface area contributed by atoms with Gasteiger partial charge in [-0.1, -0.05) is 24.8 Å². The van der Waals surface area contributed by atoms with Crippen molar-refractivity contribution in [1.82, 2.24) is 15.5 Å². The van der Waals surface area contributed by atoms with Crippen LogP contribution in [0.15, 0.2) is 12.3 Å². The van der Waals surface area contributed by atoms with Gasteiger partial charge in [0, 0.05) is 36.5 Å². The molecule has 8 unspecified atom stereocenters. The van der Waals surface area contributed by atoms with Crippen molar-refractivity contribution in [3.63, 3.8) is 0 Å². The van der Waals surface area contributed by atoms with Gasteiger partial charge in [-0.15, -0.1) is 5.92 Å². The fraction of sp³-hybridized carbons (Fsp3) is 0.833. The zero-order valence-corrected chi connectivity index (χ0v) is 22.9. The minimum Gasteiger partial charge on any atom is -0.481 e. The Morgan fingerprint density at radius 2 is 2.03 bits per heavy atom. The van der Waals surface area contributed by atoms with E-state index in [-0.39, 0.29) is 24.1 Å². The van der Waals surface area contributed by atoms with Crippen molar-refractivity contribution >= 4 is 5.97 Å². The number of hydrogen-bond donors (Lipinski definition) is 5. The molecule has 4 rings (SSSR count). The summed E-state index contributed by atoms with van der Waals surface area (Å²) in [6.07, 6.45) is 15.4. The predicted octanol–water partition coefficient (Wildman–Crippen LogP) is 3.40. The monoisotopic (exact) mass is 515 g/mol. The topological polar surface area (TPSA) is 105 Å². The van der Waals surface area contributed by atoms with Gasteiger partial charge in [0.05, 0.1) is 24.2 Å². The maximum atomic E-state index is 11.5. The quantitative estimate of drug-likeness (QED) is 0.358. The van der Waals surface area contributed by atoms with Crippen LogP contribution in [0, 0.1) is 23.7 Å². The molecule has 2 bridgehead atoms. The molecule has 208 valence electrons. The first kappa shape index (κ1) is 28.4. The van der Waals surface area contributed by atoms with Crippen molar-refractivity contribution in [3.8, 4) is 11.8 Å². The van der Waals surface area contributed by atoms with Crippen LogP contribution in [0.1, 0.15) is 97.3 Å². The average Bonchev–Trinajstić information content (AvgIpc) is 2.85. The molecule has 0 spiro atoms. The summed E-state index contributed by atoms with van der Waals surface area (Å²) in [5.74, 6) is 7.10. The van der Waals surface area contributed by atoms with Gasteiger partial charge in [-0.25, -0.2) is 0 Å². The first-order valence-electron chi connectivity index (χ1n) is 14.7. The van der Waals surface area contributed by atoms with E-state index in [0.29, 0.717) is 36.9 Å². The Morgan fingerprint density at radius 1 is 1.19 bits per heavy atom. The molecular formula is C30H49N3O4. The number of aliphatic hydroxyl groups is 2. The zero-order valence-electron chi connectivity index (χ0n) is 22.9. The van der Waals surface area contributed by atoms with Crippen LogP contribution in [0.2, 0.25) is 0 Å². The lowest BCUT2D eigenvalue weighted by molar-refractivity contribution is -0.143. The largest absolute Gasteiger partial charge is 0.481 e. The van der Waals surface area contributed by atoms with Crippen molar-refractivity contribution < 1.29 is 20.1 Å². The minimum absolute atomic E-state index is 0.124. The van der Waals surface area contributed by atoms with E-state index in [2.05, 4.69) is 53.5 Å². The Morgan fingerprint density at radius 3 is 2.84 bits per heavy atom. The summed E-state index contributed by atoms with van der Waals surface area (Å²) in [6.45, 7) is 5.54. The maximum absolute atomic E-state index is 11.5. The third-order valence-electron chi connectivity index (χ3n) is 9.47. The zero-order chi connectivity index (χ0) is 26.5. The summed E-state index contributed by atoms with van der Waals surface area (Å²) in [5.41, 5.74) is -1.34. The van der Waals surface area contributed by atoms with Gasteiger partial charge in [0.25, 0.3) is 0 Å². The summed E-state index contributed by atoms with van der Waals surface area (Å²) in [5, 5.41) is 38.0. The van der Waals surface area contributed by atoms with Gasteiger partial charge in [0.2, 0.25) is 0 Å². The molecule has 7 nitrogen and oxygen atoms in total. The smallest absolute Gasteiger partial charge is 0.306 e. The highest BCUT2D eigenvalue weighted by atomic mass is 16.4. The summed E-state index contributed by atoms with van der Waals surface area (Å²) >= 11 is 0. The van der Waals surface area contributed by atoms with E-state index in [0.717, 1.165) is 77.2 Å². The van der Waals surface area contributed by atoms with Gasteiger partial charge in [0.1, 0.15) is 0 Å². The molecule has 2 saturated heterocycles. The van der Waals surface area contributed by atoms with E-state index in [1.54, 1.807) is 0 Å². The maximum Gasteiger partial charge on any atom is 0.306 e. The number of carbonyl (C=O) groups is 1. The van der Waals surface area contributed by atoms with Crippen LogP contribution in [0.25, 0.3) is 0 Å². The Bertz CT molecular complexity index is 869. The number of nitrogens with one attached hydrogen (secondary N) is 2. The van der Waals surface area contributed by atoms with Gasteiger partial charge >= 0.3 is 5.97 Å². The predicted molar refractivity (Wildman–Crippen MR) is 146 cm³/mol. The first-order valence-corrected chi connectivity index (χ1v) is 14.7. The second-order valence-electron chi connectivity index (χ2n) is 12.7. The van der Waals surface area contributed by atoms with Crippen molar-refractivity contribution in [1.29, 1.82) is 0 Å². The number of carboxylic acid groups (broad SMARTS) is 1. The van der Waals surface area contributed by atoms with Crippen molar-refractivity contribution in [3.05, 3.63) is 12.3 Å². The van der Waals surface area contributed by atoms with Crippen LogP contribution in [-0.2, 0) is 4.79 Å². The molecule has 8 atom stereocenters. The highest BCUT2D eigenvalue weighted by Crippen LogP contribution is 2.34. The lowest BCUT2D eigenvalue weighted by Gasteiger charge is -2.46. The normalized spacial score (nSPS) is 41.1. The van der Waals surface area contributed by atoms with E-state index in [1.807, 2.05) is 0 Å². The molecular weight excluding hydrogens is 466 g/mol. The van der Waals surface area contributed by atoms with Crippen molar-refractivity contribution in [2.24, 2.45) is 11.8 Å². The molecule has 0 aromatic carbocycles. The van der Waals surface area contributed by atoms with Crippen LogP contribution in [0.3, 0.4) is 0 Å². The van der Waals surface area contributed by atoms with Gasteiger partial charge in [-0.05, 0) is 90.3 Å². The molecule has 4 aliphatic heterocycles. The van der Waals surface area contributed by atoms with E-state index >= 15 is 0 Å². The standard InChI is InChI=1S/C30H49N3O4/c1-22-27(34)12-11-26-18-24(13-17-33(22)26)10-9-23-6-3-4-14-30(37,20-28(35)36)21-32-29(2)15-16-31-25(19-29)8-5-7-23/h13,17,22-27,31-32,34,37H,3-4,6,8-12,14-16,18-21H2,1-2H3,(H,35,36). The second-order valence-corrected chi connectivity index (χ2v) is 12.7. The average molecular weight is 516 g/mol. The third kappa shape index (κ3) is 7.95. The molecule has 0 aliphatic carbocycles. The highest BCUT2D eigenvalue weighted by Gasteiger charge is 2.37. The fourth-order valence-electron chi connectivity index (χ4n) is 6.99. The molecule has 4 aliphatic rings. The number of fused-ring (bicyclic) bond motifs is 3. The van der Waals surface area contributed by atoms with Gasteiger partial charge in [-0.2, -0.15) is 0 Å². The summed E-state index contributed by atoms with van der Waals surface area (Å²) in [7, 11) is 0. The van der Waals surface area contributed by atoms with Crippen LogP contribution >= 0.6 is 0 Å². The number of hydrogen-bond acceptors (Lipinski definition) is 6. The molecule has 4 heterocycles. The number of aliphatic hydroxyl groups excluding tert-OH is 1. The molecule has 0 amide bonds. The molecule has 7 heteroatoms. The Hall–Kier alpha value is -1.59. The first-order chi connectivity index (χ1) is 17.6. The Balaban J connectivity index is 1.39. The molecule has 37 heavy (non-hydrogen) atoms. The molecule has 0 saturated carbocycles. The number of piperidine rings is 2. The van der Waals surface area contributed by atoms with Gasteiger partial charge in [0.15, 0.2) is 0 Å². The molecule has 0 aromatic heterocycles. The fourth-order valence-corrected chi connectivity index (χ4v) is 6.99.